The van der Waals surface area contributed by atoms with Crippen LogP contribution in [0.4, 0.5) is 13.2 Å². The Morgan fingerprint density at radius 3 is 2.64 bits per heavy atom. The molecule has 2 aromatic rings. The summed E-state index contributed by atoms with van der Waals surface area (Å²) in [5.74, 6) is -0.121. The fraction of sp³-hybridized carbons (Fsp3) is 0.429. The van der Waals surface area contributed by atoms with Gasteiger partial charge in [0, 0.05) is 23.9 Å². The molecule has 2 aromatic heterocycles. The predicted octanol–water partition coefficient (Wildman–Crippen LogP) is 2.45. The lowest BCUT2D eigenvalue weighted by Gasteiger charge is -2.21. The SMILES string of the molecule is O=c1c(-c2cccnc2)c(C2CCNCC2)on1C(F)(F)F. The maximum Gasteiger partial charge on any atom is 0.520 e. The Morgan fingerprint density at radius 2 is 2.05 bits per heavy atom. The summed E-state index contributed by atoms with van der Waals surface area (Å²) in [6.07, 6.45) is -0.761. The zero-order valence-corrected chi connectivity index (χ0v) is 11.6. The lowest BCUT2D eigenvalue weighted by atomic mass is 9.91. The van der Waals surface area contributed by atoms with Crippen molar-refractivity contribution in [3.8, 4) is 11.1 Å². The number of aromatic nitrogens is 2. The average molecular weight is 313 g/mol. The number of nitrogens with one attached hydrogen (secondary N) is 1. The average Bonchev–Trinajstić information content (AvgIpc) is 2.86. The molecular weight excluding hydrogens is 299 g/mol. The molecule has 0 bridgehead atoms. The highest BCUT2D eigenvalue weighted by Crippen LogP contribution is 2.34. The van der Waals surface area contributed by atoms with Crippen LogP contribution in [-0.2, 0) is 6.30 Å². The van der Waals surface area contributed by atoms with Gasteiger partial charge in [-0.1, -0.05) is 10.8 Å². The number of pyridine rings is 1. The van der Waals surface area contributed by atoms with Crippen LogP contribution in [0.15, 0.2) is 33.8 Å². The van der Waals surface area contributed by atoms with Crippen LogP contribution in [0.2, 0.25) is 0 Å². The number of alkyl halides is 3. The van der Waals surface area contributed by atoms with E-state index in [1.54, 1.807) is 12.1 Å². The van der Waals surface area contributed by atoms with Gasteiger partial charge in [0.05, 0.1) is 5.56 Å². The van der Waals surface area contributed by atoms with Crippen LogP contribution in [0.25, 0.3) is 11.1 Å². The molecule has 0 amide bonds. The van der Waals surface area contributed by atoms with Crippen molar-refractivity contribution in [3.63, 3.8) is 0 Å². The second-order valence-electron chi connectivity index (χ2n) is 5.16. The summed E-state index contributed by atoms with van der Waals surface area (Å²) >= 11 is 0. The van der Waals surface area contributed by atoms with Gasteiger partial charge in [-0.3, -0.25) is 9.78 Å². The molecule has 1 aliphatic heterocycles. The second-order valence-corrected chi connectivity index (χ2v) is 5.16. The molecule has 0 unspecified atom stereocenters. The molecule has 0 radical (unpaired) electrons. The summed E-state index contributed by atoms with van der Waals surface area (Å²) in [4.78, 5) is 16.1. The van der Waals surface area contributed by atoms with E-state index in [2.05, 4.69) is 10.3 Å². The predicted molar refractivity (Wildman–Crippen MR) is 72.3 cm³/mol. The molecule has 22 heavy (non-hydrogen) atoms. The quantitative estimate of drug-likeness (QED) is 0.925. The van der Waals surface area contributed by atoms with Gasteiger partial charge in [0.15, 0.2) is 0 Å². The first kappa shape index (κ1) is 14.8. The minimum atomic E-state index is -4.88. The molecule has 1 saturated heterocycles. The number of halogens is 3. The molecule has 3 rings (SSSR count). The zero-order valence-electron chi connectivity index (χ0n) is 11.6. The van der Waals surface area contributed by atoms with E-state index in [9.17, 15) is 18.0 Å². The van der Waals surface area contributed by atoms with E-state index in [4.69, 9.17) is 4.52 Å². The lowest BCUT2D eigenvalue weighted by Crippen LogP contribution is -2.27. The van der Waals surface area contributed by atoms with E-state index in [-0.39, 0.29) is 17.2 Å². The van der Waals surface area contributed by atoms with E-state index < -0.39 is 16.6 Å². The normalized spacial score (nSPS) is 16.9. The molecule has 1 fully saturated rings. The molecule has 3 heterocycles. The molecule has 1 aliphatic rings. The smallest absolute Gasteiger partial charge is 0.372 e. The fourth-order valence-corrected chi connectivity index (χ4v) is 2.70. The number of nitrogens with zero attached hydrogens (tertiary/aromatic N) is 2. The monoisotopic (exact) mass is 313 g/mol. The molecule has 8 heteroatoms. The van der Waals surface area contributed by atoms with Crippen molar-refractivity contribution >= 4 is 0 Å². The Hall–Kier alpha value is -2.09. The van der Waals surface area contributed by atoms with Gasteiger partial charge >= 0.3 is 6.30 Å². The van der Waals surface area contributed by atoms with Crippen LogP contribution in [0.3, 0.4) is 0 Å². The molecule has 0 atom stereocenters. The van der Waals surface area contributed by atoms with Gasteiger partial charge in [-0.05, 0) is 32.0 Å². The van der Waals surface area contributed by atoms with Crippen LogP contribution >= 0.6 is 0 Å². The Bertz CT molecular complexity index is 700. The number of rotatable bonds is 2. The molecule has 0 saturated carbocycles. The van der Waals surface area contributed by atoms with Crippen LogP contribution in [-0.4, -0.2) is 22.8 Å². The van der Waals surface area contributed by atoms with Crippen molar-refractivity contribution in [1.82, 2.24) is 15.0 Å². The van der Waals surface area contributed by atoms with E-state index in [1.807, 2.05) is 0 Å². The number of piperidine rings is 1. The topological polar surface area (TPSA) is 60.1 Å². The Labute approximate surface area is 123 Å². The zero-order chi connectivity index (χ0) is 15.7. The fourth-order valence-electron chi connectivity index (χ4n) is 2.70. The minimum Gasteiger partial charge on any atom is -0.372 e. The van der Waals surface area contributed by atoms with Gasteiger partial charge in [0.25, 0.3) is 5.56 Å². The van der Waals surface area contributed by atoms with Crippen molar-refractivity contribution < 1.29 is 17.7 Å². The second kappa shape index (κ2) is 5.60. The lowest BCUT2D eigenvalue weighted by molar-refractivity contribution is -0.245. The molecule has 118 valence electrons. The third kappa shape index (κ3) is 2.66. The maximum absolute atomic E-state index is 13.0. The van der Waals surface area contributed by atoms with Crippen molar-refractivity contribution in [1.29, 1.82) is 0 Å². The van der Waals surface area contributed by atoms with E-state index in [1.165, 1.54) is 12.4 Å². The van der Waals surface area contributed by atoms with Crippen LogP contribution < -0.4 is 10.9 Å². The molecular formula is C14H14F3N3O2. The van der Waals surface area contributed by atoms with Crippen molar-refractivity contribution in [2.24, 2.45) is 0 Å². The summed E-state index contributed by atoms with van der Waals surface area (Å²) in [6.45, 7) is 1.36. The van der Waals surface area contributed by atoms with Crippen LogP contribution in [0.1, 0.15) is 24.5 Å². The van der Waals surface area contributed by atoms with Gasteiger partial charge in [0.2, 0.25) is 0 Å². The summed E-state index contributed by atoms with van der Waals surface area (Å²) in [7, 11) is 0. The summed E-state index contributed by atoms with van der Waals surface area (Å²) < 4.78 is 43.3. The Balaban J connectivity index is 2.17. The van der Waals surface area contributed by atoms with Crippen molar-refractivity contribution in [3.05, 3.63) is 40.6 Å². The largest absolute Gasteiger partial charge is 0.520 e. The van der Waals surface area contributed by atoms with Crippen molar-refractivity contribution in [2.75, 3.05) is 13.1 Å². The van der Waals surface area contributed by atoms with Crippen LogP contribution in [0, 0.1) is 0 Å². The first-order valence-corrected chi connectivity index (χ1v) is 6.93. The standard InChI is InChI=1S/C14H14F3N3O2/c15-14(16,17)20-13(21)11(10-2-1-5-19-8-10)12(22-20)9-3-6-18-7-4-9/h1-2,5,8-9,18H,3-4,6-7H2. The van der Waals surface area contributed by atoms with Crippen LogP contribution in [0.5, 0.6) is 0 Å². The van der Waals surface area contributed by atoms with Gasteiger partial charge in [-0.15, -0.1) is 13.2 Å². The Kier molecular flexibility index (Phi) is 3.78. The van der Waals surface area contributed by atoms with Crippen molar-refractivity contribution in [2.45, 2.75) is 25.1 Å². The van der Waals surface area contributed by atoms with E-state index in [0.29, 0.717) is 31.5 Å². The number of hydrogen-bond donors (Lipinski definition) is 1. The number of hydrogen-bond acceptors (Lipinski definition) is 4. The third-order valence-corrected chi connectivity index (χ3v) is 3.72. The van der Waals surface area contributed by atoms with E-state index >= 15 is 0 Å². The first-order chi connectivity index (χ1) is 10.5. The highest BCUT2D eigenvalue weighted by Gasteiger charge is 2.39. The van der Waals surface area contributed by atoms with E-state index in [0.717, 1.165) is 0 Å². The highest BCUT2D eigenvalue weighted by molar-refractivity contribution is 5.64. The molecule has 0 spiro atoms. The third-order valence-electron chi connectivity index (χ3n) is 3.72. The molecule has 0 aliphatic carbocycles. The summed E-state index contributed by atoms with van der Waals surface area (Å²) in [5, 5.41) is 3.13. The Morgan fingerprint density at radius 1 is 1.32 bits per heavy atom. The summed E-state index contributed by atoms with van der Waals surface area (Å²) in [5.41, 5.74) is -0.890. The summed E-state index contributed by atoms with van der Waals surface area (Å²) in [6, 6.07) is 3.14. The van der Waals surface area contributed by atoms with Gasteiger partial charge in [-0.2, -0.15) is 0 Å². The maximum atomic E-state index is 13.0. The first-order valence-electron chi connectivity index (χ1n) is 6.93. The molecule has 1 N–H and O–H groups in total. The van der Waals surface area contributed by atoms with Gasteiger partial charge in [-0.25, -0.2) is 0 Å². The molecule has 0 aromatic carbocycles. The van der Waals surface area contributed by atoms with Gasteiger partial charge in [0.1, 0.15) is 5.76 Å². The highest BCUT2D eigenvalue weighted by atomic mass is 19.4. The minimum absolute atomic E-state index is 0.0441. The molecule has 5 nitrogen and oxygen atoms in total. The van der Waals surface area contributed by atoms with Gasteiger partial charge < -0.3 is 9.84 Å².